The van der Waals surface area contributed by atoms with Crippen LogP contribution >= 0.6 is 0 Å². The minimum atomic E-state index is 0.722. The predicted molar refractivity (Wildman–Crippen MR) is 161 cm³/mol. The van der Waals surface area contributed by atoms with Gasteiger partial charge in [0.1, 0.15) is 0 Å². The van der Waals surface area contributed by atoms with Gasteiger partial charge in [-0.2, -0.15) is 0 Å². The molecule has 0 radical (unpaired) electrons. The first-order valence-corrected chi connectivity index (χ1v) is 14.9. The van der Waals surface area contributed by atoms with Crippen molar-refractivity contribution in [2.75, 3.05) is 13.1 Å². The molecule has 34 heavy (non-hydrogen) atoms. The molecule has 204 valence electrons. The Morgan fingerprint density at radius 2 is 1.03 bits per heavy atom. The number of rotatable bonds is 12. The van der Waals surface area contributed by atoms with Crippen molar-refractivity contribution in [2.45, 2.75) is 147 Å². The quantitative estimate of drug-likeness (QED) is 0.289. The van der Waals surface area contributed by atoms with Crippen LogP contribution in [0.15, 0.2) is 24.3 Å². The molecule has 0 spiro atoms. The van der Waals surface area contributed by atoms with E-state index in [4.69, 9.17) is 0 Å². The molecule has 0 aliphatic heterocycles. The molecule has 0 saturated heterocycles. The predicted octanol–water partition coefficient (Wildman–Crippen LogP) is 10.8. The maximum atomic E-state index is 2.53. The molecule has 0 bridgehead atoms. The molecule has 0 saturated carbocycles. The summed E-state index contributed by atoms with van der Waals surface area (Å²) in [6.45, 7) is 31.7. The number of aryl methyl sites for hydroxylation is 2. The zero-order chi connectivity index (χ0) is 26.9. The summed E-state index contributed by atoms with van der Waals surface area (Å²) in [6, 6.07) is 9.50. The van der Waals surface area contributed by atoms with Gasteiger partial charge >= 0.3 is 0 Å². The lowest BCUT2D eigenvalue weighted by Gasteiger charge is -2.24. The van der Waals surface area contributed by atoms with Crippen LogP contribution in [-0.4, -0.2) is 24.0 Å². The van der Waals surface area contributed by atoms with Crippen molar-refractivity contribution in [2.24, 2.45) is 17.8 Å². The Morgan fingerprint density at radius 3 is 1.24 bits per heavy atom. The Labute approximate surface area is 218 Å². The summed E-state index contributed by atoms with van der Waals surface area (Å²) < 4.78 is 0. The van der Waals surface area contributed by atoms with Gasteiger partial charge in [0.2, 0.25) is 0 Å². The molecule has 1 aromatic carbocycles. The largest absolute Gasteiger partial charge is 0.301 e. The first kappa shape index (κ1) is 37.7. The molecule has 0 amide bonds. The molecule has 1 nitrogen and oxygen atoms in total. The molecule has 0 atom stereocenters. The molecule has 1 aromatic rings. The highest BCUT2D eigenvalue weighted by Gasteiger charge is 2.05. The molecule has 1 rings (SSSR count). The standard InChI is InChI=1S/C10H14.C9H21N.C9H20.C5H12/c1-3-9-6-5-7-10(4-2)8-9;1-5-7-10(8-6-2)9(3)4;1-5-9(6-2)7-8(3)4;1-4-5(2)3/h5-8H,3-4H2,1-2H3;9H,5-8H2,1-4H3;8-9H,5-7H2,1-4H3;5H,4H2,1-3H3. The SMILES string of the molecule is CCC(C)C.CCC(CC)CC(C)C.CCCN(CCC)C(C)C.CCc1cccc(CC)c1. The Balaban J connectivity index is -0.000000387. The van der Waals surface area contributed by atoms with E-state index in [-0.39, 0.29) is 0 Å². The summed E-state index contributed by atoms with van der Waals surface area (Å²) in [7, 11) is 0. The van der Waals surface area contributed by atoms with Gasteiger partial charge in [-0.25, -0.2) is 0 Å². The number of hydrogen-bond donors (Lipinski definition) is 0. The van der Waals surface area contributed by atoms with Gasteiger partial charge in [-0.3, -0.25) is 0 Å². The van der Waals surface area contributed by atoms with Crippen LogP contribution in [-0.2, 0) is 12.8 Å². The van der Waals surface area contributed by atoms with Crippen LogP contribution in [0.4, 0.5) is 0 Å². The Bertz CT molecular complexity index is 474. The maximum absolute atomic E-state index is 2.53. The van der Waals surface area contributed by atoms with Crippen molar-refractivity contribution in [3.8, 4) is 0 Å². The molecular weight excluding hydrogens is 410 g/mol. The average Bonchev–Trinajstić information content (AvgIpc) is 2.83. The fraction of sp³-hybridized carbons (Fsp3) is 0.818. The second-order valence-electron chi connectivity index (χ2n) is 10.8. The lowest BCUT2D eigenvalue weighted by Crippen LogP contribution is -2.32. The fourth-order valence-corrected chi connectivity index (χ4v) is 3.56. The zero-order valence-electron chi connectivity index (χ0n) is 26.1. The number of nitrogens with zero attached hydrogens (tertiary/aromatic N) is 1. The Hall–Kier alpha value is -0.820. The summed E-state index contributed by atoms with van der Waals surface area (Å²) in [5.41, 5.74) is 2.89. The van der Waals surface area contributed by atoms with E-state index in [1.807, 2.05) is 0 Å². The smallest absolute Gasteiger partial charge is 0.00385 e. The first-order valence-electron chi connectivity index (χ1n) is 14.9. The van der Waals surface area contributed by atoms with Crippen molar-refractivity contribution < 1.29 is 0 Å². The molecular formula is C33H67N. The lowest BCUT2D eigenvalue weighted by molar-refractivity contribution is 0.222. The monoisotopic (exact) mass is 478 g/mol. The van der Waals surface area contributed by atoms with E-state index >= 15 is 0 Å². The summed E-state index contributed by atoms with van der Waals surface area (Å²) in [5, 5.41) is 0. The molecule has 1 heteroatoms. The lowest BCUT2D eigenvalue weighted by atomic mass is 9.93. The summed E-state index contributed by atoms with van der Waals surface area (Å²) in [5.74, 6) is 2.75. The minimum Gasteiger partial charge on any atom is -0.301 e. The summed E-state index contributed by atoms with van der Waals surface area (Å²) in [4.78, 5) is 2.53. The molecule has 0 aliphatic carbocycles. The van der Waals surface area contributed by atoms with Gasteiger partial charge in [0.25, 0.3) is 0 Å². The molecule has 0 N–H and O–H groups in total. The topological polar surface area (TPSA) is 3.24 Å². The van der Waals surface area contributed by atoms with Crippen LogP contribution in [0.2, 0.25) is 0 Å². The molecule has 0 aromatic heterocycles. The van der Waals surface area contributed by atoms with Crippen LogP contribution in [0.1, 0.15) is 140 Å². The van der Waals surface area contributed by atoms with Crippen molar-refractivity contribution in [1.82, 2.24) is 4.90 Å². The van der Waals surface area contributed by atoms with Gasteiger partial charge in [-0.15, -0.1) is 0 Å². The van der Waals surface area contributed by atoms with Gasteiger partial charge in [0.15, 0.2) is 0 Å². The Kier molecular flexibility index (Phi) is 29.7. The molecule has 0 unspecified atom stereocenters. The minimum absolute atomic E-state index is 0.722. The normalized spacial score (nSPS) is 10.6. The highest BCUT2D eigenvalue weighted by molar-refractivity contribution is 5.23. The van der Waals surface area contributed by atoms with Crippen molar-refractivity contribution in [3.05, 3.63) is 35.4 Å². The van der Waals surface area contributed by atoms with E-state index in [0.29, 0.717) is 0 Å². The highest BCUT2D eigenvalue weighted by Crippen LogP contribution is 2.17. The van der Waals surface area contributed by atoms with E-state index < -0.39 is 0 Å². The fourth-order valence-electron chi connectivity index (χ4n) is 3.56. The van der Waals surface area contributed by atoms with Crippen molar-refractivity contribution in [3.63, 3.8) is 0 Å². The van der Waals surface area contributed by atoms with Crippen LogP contribution < -0.4 is 0 Å². The summed E-state index contributed by atoms with van der Waals surface area (Å²) in [6.07, 6.45) is 10.3. The molecule has 0 aliphatic rings. The van der Waals surface area contributed by atoms with Crippen molar-refractivity contribution in [1.29, 1.82) is 0 Å². The maximum Gasteiger partial charge on any atom is 0.00385 e. The second kappa shape index (κ2) is 26.8. The van der Waals surface area contributed by atoms with E-state index in [1.165, 1.54) is 62.7 Å². The van der Waals surface area contributed by atoms with Crippen LogP contribution in [0.3, 0.4) is 0 Å². The third-order valence-electron chi connectivity index (χ3n) is 6.34. The molecule has 0 heterocycles. The third kappa shape index (κ3) is 25.8. The Morgan fingerprint density at radius 1 is 0.618 bits per heavy atom. The van der Waals surface area contributed by atoms with Crippen LogP contribution in [0.25, 0.3) is 0 Å². The van der Waals surface area contributed by atoms with Crippen molar-refractivity contribution >= 4 is 0 Å². The van der Waals surface area contributed by atoms with Gasteiger partial charge in [-0.05, 0) is 87.9 Å². The third-order valence-corrected chi connectivity index (χ3v) is 6.34. The van der Waals surface area contributed by atoms with Gasteiger partial charge in [-0.1, -0.05) is 120 Å². The molecule has 0 fully saturated rings. The first-order chi connectivity index (χ1) is 16.1. The van der Waals surface area contributed by atoms with Gasteiger partial charge in [0.05, 0.1) is 0 Å². The zero-order valence-corrected chi connectivity index (χ0v) is 26.1. The van der Waals surface area contributed by atoms with E-state index in [9.17, 15) is 0 Å². The van der Waals surface area contributed by atoms with E-state index in [2.05, 4.69) is 119 Å². The van der Waals surface area contributed by atoms with Crippen LogP contribution in [0.5, 0.6) is 0 Å². The average molecular weight is 478 g/mol. The van der Waals surface area contributed by atoms with E-state index in [1.54, 1.807) is 0 Å². The summed E-state index contributed by atoms with van der Waals surface area (Å²) >= 11 is 0. The van der Waals surface area contributed by atoms with Crippen LogP contribution in [0, 0.1) is 17.8 Å². The number of benzene rings is 1. The second-order valence-corrected chi connectivity index (χ2v) is 10.8. The van der Waals surface area contributed by atoms with E-state index in [0.717, 1.165) is 36.6 Å². The van der Waals surface area contributed by atoms with Gasteiger partial charge < -0.3 is 4.90 Å². The number of hydrogen-bond acceptors (Lipinski definition) is 1. The van der Waals surface area contributed by atoms with Gasteiger partial charge in [0, 0.05) is 6.04 Å². The highest BCUT2D eigenvalue weighted by atomic mass is 15.1.